The molecule has 1 aliphatic heterocycles. The monoisotopic (exact) mass is 420 g/mol. The maximum atomic E-state index is 12.8. The number of ether oxygens (including phenoxy) is 2. The second kappa shape index (κ2) is 8.34. The van der Waals surface area contributed by atoms with Gasteiger partial charge < -0.3 is 14.8 Å². The molecule has 1 atom stereocenters. The summed E-state index contributed by atoms with van der Waals surface area (Å²) in [5.41, 5.74) is 0.634. The van der Waals surface area contributed by atoms with Crippen molar-refractivity contribution in [3.8, 4) is 5.88 Å². The summed E-state index contributed by atoms with van der Waals surface area (Å²) in [5.74, 6) is -0.0412. The lowest BCUT2D eigenvalue weighted by Gasteiger charge is -2.12. The molecule has 9 nitrogen and oxygen atoms in total. The minimum atomic E-state index is -2.79. The highest BCUT2D eigenvalue weighted by atomic mass is 19.3. The number of carbonyl (C=O) groups is 1. The smallest absolute Gasteiger partial charge is 0.333 e. The molecule has 1 amide bonds. The van der Waals surface area contributed by atoms with E-state index >= 15 is 0 Å². The predicted molar refractivity (Wildman–Crippen MR) is 104 cm³/mol. The van der Waals surface area contributed by atoms with Gasteiger partial charge in [0.1, 0.15) is 5.56 Å². The molecule has 160 valence electrons. The van der Waals surface area contributed by atoms with Crippen LogP contribution in [0.5, 0.6) is 5.88 Å². The SMILES string of the molecule is CC(C)Oc1nc2nn(CC3CCOC3)cc2cc1C(=O)Nc1ccn(C(F)F)n1. The fraction of sp³-hybridized carbons (Fsp3) is 0.474. The van der Waals surface area contributed by atoms with Crippen LogP contribution in [0.15, 0.2) is 24.5 Å². The Labute approximate surface area is 171 Å². The van der Waals surface area contributed by atoms with E-state index in [-0.39, 0.29) is 23.4 Å². The molecular weight excluding hydrogens is 398 g/mol. The van der Waals surface area contributed by atoms with Gasteiger partial charge in [0, 0.05) is 42.9 Å². The summed E-state index contributed by atoms with van der Waals surface area (Å²) < 4.78 is 38.8. The van der Waals surface area contributed by atoms with E-state index in [1.54, 1.807) is 10.7 Å². The molecule has 0 aromatic carbocycles. The number of anilines is 1. The number of hydrogen-bond acceptors (Lipinski definition) is 6. The molecule has 3 aromatic rings. The van der Waals surface area contributed by atoms with Crippen LogP contribution in [0.1, 0.15) is 37.2 Å². The van der Waals surface area contributed by atoms with E-state index in [1.807, 2.05) is 20.0 Å². The van der Waals surface area contributed by atoms with Gasteiger partial charge in [-0.2, -0.15) is 24.0 Å². The standard InChI is InChI=1S/C19H22F2N6O3/c1-11(2)30-18-14(17(28)22-15-3-5-27(24-15)19(20)21)7-13-9-26(25-16(13)23-18)8-12-4-6-29-10-12/h3,5,7,9,11-12,19H,4,6,8,10H2,1-2H3,(H,22,24,28). The Morgan fingerprint density at radius 1 is 1.40 bits per heavy atom. The predicted octanol–water partition coefficient (Wildman–Crippen LogP) is 3.10. The Morgan fingerprint density at radius 3 is 2.90 bits per heavy atom. The highest BCUT2D eigenvalue weighted by Crippen LogP contribution is 2.25. The van der Waals surface area contributed by atoms with E-state index < -0.39 is 12.5 Å². The van der Waals surface area contributed by atoms with E-state index in [4.69, 9.17) is 9.47 Å². The number of nitrogens with zero attached hydrogens (tertiary/aromatic N) is 5. The van der Waals surface area contributed by atoms with E-state index in [0.29, 0.717) is 34.8 Å². The van der Waals surface area contributed by atoms with Crippen LogP contribution < -0.4 is 10.1 Å². The third-order valence-electron chi connectivity index (χ3n) is 4.62. The van der Waals surface area contributed by atoms with Gasteiger partial charge in [0.2, 0.25) is 5.88 Å². The van der Waals surface area contributed by atoms with Crippen molar-refractivity contribution in [2.24, 2.45) is 5.92 Å². The van der Waals surface area contributed by atoms with Gasteiger partial charge in [-0.3, -0.25) is 9.48 Å². The Bertz CT molecular complexity index is 1040. The van der Waals surface area contributed by atoms with Gasteiger partial charge in [0.25, 0.3) is 5.91 Å². The average Bonchev–Trinajstić information content (AvgIpc) is 3.41. The van der Waals surface area contributed by atoms with Crippen molar-refractivity contribution in [3.63, 3.8) is 0 Å². The Hall–Kier alpha value is -3.08. The first-order valence-corrected chi connectivity index (χ1v) is 9.66. The van der Waals surface area contributed by atoms with Crippen molar-refractivity contribution < 1.29 is 23.0 Å². The van der Waals surface area contributed by atoms with Gasteiger partial charge in [-0.05, 0) is 26.3 Å². The Kier molecular flexibility index (Phi) is 5.62. The van der Waals surface area contributed by atoms with Crippen molar-refractivity contribution in [2.45, 2.75) is 39.5 Å². The molecule has 3 aromatic heterocycles. The van der Waals surface area contributed by atoms with Gasteiger partial charge in [-0.15, -0.1) is 0 Å². The molecule has 1 aliphatic rings. The number of carbonyl (C=O) groups excluding carboxylic acids is 1. The first kappa shape index (κ1) is 20.2. The van der Waals surface area contributed by atoms with Gasteiger partial charge in [0.15, 0.2) is 11.5 Å². The number of hydrogen-bond donors (Lipinski definition) is 1. The lowest BCUT2D eigenvalue weighted by molar-refractivity contribution is 0.0568. The summed E-state index contributed by atoms with van der Waals surface area (Å²) in [6, 6.07) is 2.93. The molecule has 1 fully saturated rings. The minimum Gasteiger partial charge on any atom is -0.474 e. The molecule has 4 heterocycles. The molecule has 0 aliphatic carbocycles. The lowest BCUT2D eigenvalue weighted by atomic mass is 10.1. The third-order valence-corrected chi connectivity index (χ3v) is 4.62. The molecule has 30 heavy (non-hydrogen) atoms. The second-order valence-corrected chi connectivity index (χ2v) is 7.41. The van der Waals surface area contributed by atoms with Gasteiger partial charge >= 0.3 is 6.55 Å². The zero-order valence-electron chi connectivity index (χ0n) is 16.6. The molecular formula is C19H22F2N6O3. The van der Waals surface area contributed by atoms with Crippen LogP contribution in [-0.2, 0) is 11.3 Å². The summed E-state index contributed by atoms with van der Waals surface area (Å²) in [7, 11) is 0. The van der Waals surface area contributed by atoms with Crippen molar-refractivity contribution in [1.82, 2.24) is 24.5 Å². The van der Waals surface area contributed by atoms with Crippen LogP contribution in [0.4, 0.5) is 14.6 Å². The van der Waals surface area contributed by atoms with Crippen LogP contribution in [0.2, 0.25) is 0 Å². The number of nitrogens with one attached hydrogen (secondary N) is 1. The quantitative estimate of drug-likeness (QED) is 0.631. The highest BCUT2D eigenvalue weighted by Gasteiger charge is 2.21. The zero-order chi connectivity index (χ0) is 21.3. The third kappa shape index (κ3) is 4.40. The maximum Gasteiger partial charge on any atom is 0.333 e. The van der Waals surface area contributed by atoms with E-state index in [1.165, 1.54) is 6.07 Å². The van der Waals surface area contributed by atoms with Crippen LogP contribution >= 0.6 is 0 Å². The van der Waals surface area contributed by atoms with Crippen LogP contribution in [0, 0.1) is 5.92 Å². The number of pyridine rings is 1. The fourth-order valence-corrected chi connectivity index (χ4v) is 3.25. The Balaban J connectivity index is 1.62. The second-order valence-electron chi connectivity index (χ2n) is 7.41. The molecule has 0 bridgehead atoms. The maximum absolute atomic E-state index is 12.8. The number of alkyl halides is 2. The molecule has 1 N–H and O–H groups in total. The van der Waals surface area contributed by atoms with Crippen LogP contribution in [-0.4, -0.2) is 49.8 Å². The summed E-state index contributed by atoms with van der Waals surface area (Å²) in [6.07, 6.45) is 3.66. The number of fused-ring (bicyclic) bond motifs is 1. The van der Waals surface area contributed by atoms with Crippen molar-refractivity contribution in [1.29, 1.82) is 0 Å². The van der Waals surface area contributed by atoms with Crippen LogP contribution in [0.25, 0.3) is 11.0 Å². The van der Waals surface area contributed by atoms with E-state index in [9.17, 15) is 13.6 Å². The lowest BCUT2D eigenvalue weighted by Crippen LogP contribution is -2.17. The Morgan fingerprint density at radius 2 is 2.23 bits per heavy atom. The van der Waals surface area contributed by atoms with Gasteiger partial charge in [-0.25, -0.2) is 4.68 Å². The molecule has 0 radical (unpaired) electrons. The summed E-state index contributed by atoms with van der Waals surface area (Å²) in [4.78, 5) is 17.2. The summed E-state index contributed by atoms with van der Waals surface area (Å²) in [6.45, 7) is 2.99. The van der Waals surface area contributed by atoms with Gasteiger partial charge in [-0.1, -0.05) is 0 Å². The average molecular weight is 420 g/mol. The largest absolute Gasteiger partial charge is 0.474 e. The summed E-state index contributed by atoms with van der Waals surface area (Å²) >= 11 is 0. The van der Waals surface area contributed by atoms with Crippen molar-refractivity contribution in [3.05, 3.63) is 30.1 Å². The minimum absolute atomic E-state index is 0.00724. The molecule has 11 heteroatoms. The normalized spacial score (nSPS) is 16.7. The van der Waals surface area contributed by atoms with Crippen molar-refractivity contribution in [2.75, 3.05) is 18.5 Å². The first-order chi connectivity index (χ1) is 14.4. The van der Waals surface area contributed by atoms with E-state index in [0.717, 1.165) is 19.2 Å². The first-order valence-electron chi connectivity index (χ1n) is 9.66. The topological polar surface area (TPSA) is 96.1 Å². The number of amides is 1. The van der Waals surface area contributed by atoms with E-state index in [2.05, 4.69) is 20.5 Å². The zero-order valence-corrected chi connectivity index (χ0v) is 16.6. The summed E-state index contributed by atoms with van der Waals surface area (Å²) in [5, 5.41) is 11.3. The highest BCUT2D eigenvalue weighted by molar-refractivity contribution is 6.07. The van der Waals surface area contributed by atoms with Crippen molar-refractivity contribution >= 4 is 22.8 Å². The number of aromatic nitrogens is 5. The molecule has 0 saturated carbocycles. The molecule has 0 spiro atoms. The molecule has 1 unspecified atom stereocenters. The fourth-order valence-electron chi connectivity index (χ4n) is 3.25. The number of rotatable bonds is 7. The molecule has 4 rings (SSSR count). The van der Waals surface area contributed by atoms with Gasteiger partial charge in [0.05, 0.1) is 12.7 Å². The number of halogens is 2. The van der Waals surface area contributed by atoms with Crippen LogP contribution in [0.3, 0.4) is 0 Å². The molecule has 1 saturated heterocycles.